The Labute approximate surface area is 79.0 Å². The van der Waals surface area contributed by atoms with Gasteiger partial charge in [0.2, 0.25) is 0 Å². The average molecular weight is 226 g/mol. The normalized spacial score (nSPS) is 16.5. The SMILES string of the molecule is CO[SiH](OC)O[Si@H](C)[Si@H](C)OC. The van der Waals surface area contributed by atoms with Crippen molar-refractivity contribution in [3.8, 4) is 0 Å². The van der Waals surface area contributed by atoms with E-state index in [4.69, 9.17) is 17.4 Å². The first kappa shape index (κ1) is 12.5. The molecule has 7 heteroatoms. The highest BCUT2D eigenvalue weighted by molar-refractivity contribution is 7.16. The lowest BCUT2D eigenvalue weighted by molar-refractivity contribution is 0.203. The molecule has 0 aliphatic rings. The van der Waals surface area contributed by atoms with E-state index < -0.39 is 26.6 Å². The zero-order valence-electron chi connectivity index (χ0n) is 8.37. The fraction of sp³-hybridized carbons (Fsp3) is 1.00. The summed E-state index contributed by atoms with van der Waals surface area (Å²) >= 11 is 0. The lowest BCUT2D eigenvalue weighted by Crippen LogP contribution is -2.41. The molecule has 0 heterocycles. The molecular formula is C5H18O4Si3. The predicted molar refractivity (Wildman–Crippen MR) is 55.3 cm³/mol. The molecular weight excluding hydrogens is 208 g/mol. The van der Waals surface area contributed by atoms with E-state index in [0.29, 0.717) is 0 Å². The van der Waals surface area contributed by atoms with Gasteiger partial charge in [-0.15, -0.1) is 0 Å². The van der Waals surface area contributed by atoms with Crippen LogP contribution in [0.4, 0.5) is 0 Å². The molecule has 0 aliphatic carbocycles. The maximum Gasteiger partial charge on any atom is 0.472 e. The molecule has 0 rings (SSSR count). The van der Waals surface area contributed by atoms with Crippen molar-refractivity contribution in [2.45, 2.75) is 13.1 Å². The third-order valence-electron chi connectivity index (χ3n) is 1.74. The molecule has 0 N–H and O–H groups in total. The Morgan fingerprint density at radius 3 is 1.58 bits per heavy atom. The van der Waals surface area contributed by atoms with E-state index in [-0.39, 0.29) is 0 Å². The van der Waals surface area contributed by atoms with E-state index in [1.54, 1.807) is 21.3 Å². The average Bonchev–Trinajstić information content (AvgIpc) is 2.12. The maximum atomic E-state index is 5.67. The summed E-state index contributed by atoms with van der Waals surface area (Å²) in [5.41, 5.74) is 0. The van der Waals surface area contributed by atoms with Crippen molar-refractivity contribution in [1.82, 2.24) is 0 Å². The van der Waals surface area contributed by atoms with Gasteiger partial charge in [-0.05, 0) is 13.1 Å². The van der Waals surface area contributed by atoms with Gasteiger partial charge in [0.05, 0.1) is 0 Å². The van der Waals surface area contributed by atoms with Crippen LogP contribution in [0.2, 0.25) is 13.1 Å². The van der Waals surface area contributed by atoms with Crippen LogP contribution < -0.4 is 0 Å². The van der Waals surface area contributed by atoms with Gasteiger partial charge < -0.3 is 17.4 Å². The van der Waals surface area contributed by atoms with Crippen LogP contribution in [0, 0.1) is 0 Å². The molecule has 0 aromatic carbocycles. The van der Waals surface area contributed by atoms with Crippen LogP contribution in [0.25, 0.3) is 0 Å². The summed E-state index contributed by atoms with van der Waals surface area (Å²) in [6.45, 7) is 4.28. The van der Waals surface area contributed by atoms with Crippen LogP contribution in [-0.2, 0) is 17.4 Å². The van der Waals surface area contributed by atoms with Crippen LogP contribution in [0.5, 0.6) is 0 Å². The molecule has 0 aromatic rings. The fourth-order valence-corrected chi connectivity index (χ4v) is 8.73. The van der Waals surface area contributed by atoms with E-state index in [0.717, 1.165) is 0 Å². The molecule has 0 saturated carbocycles. The highest BCUT2D eigenvalue weighted by Crippen LogP contribution is 1.97. The van der Waals surface area contributed by atoms with Crippen molar-refractivity contribution in [2.75, 3.05) is 21.3 Å². The largest absolute Gasteiger partial charge is 0.472 e. The summed E-state index contributed by atoms with van der Waals surface area (Å²) in [6, 6.07) is 0. The van der Waals surface area contributed by atoms with Crippen molar-refractivity contribution in [2.24, 2.45) is 0 Å². The summed E-state index contributed by atoms with van der Waals surface area (Å²) < 4.78 is 21.1. The monoisotopic (exact) mass is 226 g/mol. The van der Waals surface area contributed by atoms with E-state index in [2.05, 4.69) is 13.1 Å². The van der Waals surface area contributed by atoms with Gasteiger partial charge in [-0.2, -0.15) is 0 Å². The highest BCUT2D eigenvalue weighted by atomic mass is 29.2. The third kappa shape index (κ3) is 4.50. The van der Waals surface area contributed by atoms with Crippen LogP contribution in [0.1, 0.15) is 0 Å². The lowest BCUT2D eigenvalue weighted by atomic mass is 11.8. The van der Waals surface area contributed by atoms with Gasteiger partial charge in [-0.3, -0.25) is 0 Å². The van der Waals surface area contributed by atoms with Crippen molar-refractivity contribution in [3.05, 3.63) is 0 Å². The molecule has 2 atom stereocenters. The second kappa shape index (κ2) is 6.95. The van der Waals surface area contributed by atoms with Gasteiger partial charge in [0, 0.05) is 21.3 Å². The summed E-state index contributed by atoms with van der Waals surface area (Å²) in [5, 5.41) is 0. The van der Waals surface area contributed by atoms with Gasteiger partial charge in [-0.1, -0.05) is 0 Å². The van der Waals surface area contributed by atoms with E-state index >= 15 is 0 Å². The van der Waals surface area contributed by atoms with Gasteiger partial charge >= 0.3 is 9.53 Å². The molecule has 0 unspecified atom stereocenters. The van der Waals surface area contributed by atoms with Gasteiger partial charge in [0.1, 0.15) is 0 Å². The summed E-state index contributed by atoms with van der Waals surface area (Å²) in [4.78, 5) is 0. The number of hydrogen-bond donors (Lipinski definition) is 0. The Kier molecular flexibility index (Phi) is 7.23. The maximum absolute atomic E-state index is 5.67. The first-order chi connectivity index (χ1) is 5.65. The number of rotatable bonds is 6. The highest BCUT2D eigenvalue weighted by Gasteiger charge is 2.22. The number of hydrogen-bond acceptors (Lipinski definition) is 4. The zero-order chi connectivity index (χ0) is 9.56. The molecule has 0 amide bonds. The topological polar surface area (TPSA) is 36.9 Å². The smallest absolute Gasteiger partial charge is 0.424 e. The first-order valence-electron chi connectivity index (χ1n) is 3.89. The first-order valence-corrected chi connectivity index (χ1v) is 11.2. The van der Waals surface area contributed by atoms with Crippen molar-refractivity contribution in [1.29, 1.82) is 0 Å². The third-order valence-corrected chi connectivity index (χ3v) is 13.4. The Morgan fingerprint density at radius 2 is 1.25 bits per heavy atom. The van der Waals surface area contributed by atoms with Gasteiger partial charge in [0.15, 0.2) is 17.1 Å². The lowest BCUT2D eigenvalue weighted by Gasteiger charge is -2.20. The second-order valence-corrected chi connectivity index (χ2v) is 14.1. The van der Waals surface area contributed by atoms with E-state index in [9.17, 15) is 0 Å². The van der Waals surface area contributed by atoms with Crippen LogP contribution in [0.3, 0.4) is 0 Å². The van der Waals surface area contributed by atoms with E-state index in [1.165, 1.54) is 0 Å². The minimum absolute atomic E-state index is 1.07. The predicted octanol–water partition coefficient (Wildman–Crippen LogP) is -0.555. The van der Waals surface area contributed by atoms with Crippen molar-refractivity contribution >= 4 is 26.6 Å². The quantitative estimate of drug-likeness (QED) is 0.569. The standard InChI is InChI=1S/C5H18O4Si3/c1-6-10(4)11(5)9-12(7-2)8-3/h10-12H,1-5H3/t10-,11+/m1/s1. The van der Waals surface area contributed by atoms with Crippen LogP contribution in [0.15, 0.2) is 0 Å². The molecule has 0 bridgehead atoms. The molecule has 0 aliphatic heterocycles. The molecule has 74 valence electrons. The zero-order valence-corrected chi connectivity index (χ0v) is 11.8. The Bertz CT molecular complexity index is 111. The minimum atomic E-state index is -1.80. The Balaban J connectivity index is 3.72. The summed E-state index contributed by atoms with van der Waals surface area (Å²) in [7, 11) is 0.968. The van der Waals surface area contributed by atoms with E-state index in [1.807, 2.05) is 0 Å². The fourth-order valence-electron chi connectivity index (χ4n) is 0.685. The minimum Gasteiger partial charge on any atom is -0.424 e. The Hall–Kier alpha value is 0.491. The molecule has 4 nitrogen and oxygen atoms in total. The summed E-state index contributed by atoms with van der Waals surface area (Å²) in [5.74, 6) is 0. The van der Waals surface area contributed by atoms with Crippen LogP contribution in [-0.4, -0.2) is 48.0 Å². The summed E-state index contributed by atoms with van der Waals surface area (Å²) in [6.07, 6.45) is 0. The molecule has 0 saturated heterocycles. The second-order valence-electron chi connectivity index (χ2n) is 2.54. The van der Waals surface area contributed by atoms with Crippen molar-refractivity contribution in [3.63, 3.8) is 0 Å². The Morgan fingerprint density at radius 1 is 0.750 bits per heavy atom. The molecule has 12 heavy (non-hydrogen) atoms. The van der Waals surface area contributed by atoms with Gasteiger partial charge in [0.25, 0.3) is 0 Å². The molecule has 0 spiro atoms. The molecule has 0 radical (unpaired) electrons. The molecule has 0 aromatic heterocycles. The van der Waals surface area contributed by atoms with Gasteiger partial charge in [-0.25, -0.2) is 0 Å². The molecule has 0 fully saturated rings. The van der Waals surface area contributed by atoms with Crippen LogP contribution >= 0.6 is 0 Å². The van der Waals surface area contributed by atoms with Crippen molar-refractivity contribution < 1.29 is 17.4 Å².